The molecule has 0 aliphatic heterocycles. The van der Waals surface area contributed by atoms with Gasteiger partial charge >= 0.3 is 0 Å². The topological polar surface area (TPSA) is 57.5 Å². The first-order valence-electron chi connectivity index (χ1n) is 8.63. The molecule has 0 spiro atoms. The van der Waals surface area contributed by atoms with Crippen LogP contribution in [0.25, 0.3) is 5.69 Å². The van der Waals surface area contributed by atoms with Crippen LogP contribution in [-0.2, 0) is 6.42 Å². The molecule has 0 amide bonds. The van der Waals surface area contributed by atoms with Gasteiger partial charge in [-0.2, -0.15) is 5.10 Å². The molecule has 0 aliphatic carbocycles. The van der Waals surface area contributed by atoms with Crippen LogP contribution in [0.4, 0.5) is 0 Å². The number of benzene rings is 1. The number of hydrogen-bond donors (Lipinski definition) is 2. The van der Waals surface area contributed by atoms with Crippen molar-refractivity contribution >= 4 is 29.9 Å². The van der Waals surface area contributed by atoms with Crippen molar-refractivity contribution in [2.24, 2.45) is 4.99 Å². The Morgan fingerprint density at radius 3 is 2.42 bits per heavy atom. The molecule has 0 unspecified atom stereocenters. The fourth-order valence-corrected chi connectivity index (χ4v) is 2.24. The van der Waals surface area contributed by atoms with E-state index >= 15 is 0 Å². The molecule has 1 heterocycles. The third-order valence-electron chi connectivity index (χ3n) is 4.53. The van der Waals surface area contributed by atoms with E-state index in [1.165, 1.54) is 5.56 Å². The van der Waals surface area contributed by atoms with Crippen LogP contribution in [0.5, 0.6) is 0 Å². The molecule has 0 fully saturated rings. The van der Waals surface area contributed by atoms with Crippen molar-refractivity contribution in [3.05, 3.63) is 48.3 Å². The van der Waals surface area contributed by atoms with Crippen LogP contribution >= 0.6 is 24.0 Å². The monoisotopic (exact) mass is 470 g/mol. The molecule has 7 heteroatoms. The molecule has 26 heavy (non-hydrogen) atoms. The van der Waals surface area contributed by atoms with Gasteiger partial charge in [0, 0.05) is 38.1 Å². The molecule has 2 N–H and O–H groups in total. The van der Waals surface area contributed by atoms with E-state index in [-0.39, 0.29) is 29.5 Å². The smallest absolute Gasteiger partial charge is 0.191 e. The van der Waals surface area contributed by atoms with Crippen molar-refractivity contribution in [1.82, 2.24) is 25.3 Å². The number of halogens is 1. The largest absolute Gasteiger partial charge is 0.356 e. The van der Waals surface area contributed by atoms with Gasteiger partial charge in [-0.3, -0.25) is 4.99 Å². The summed E-state index contributed by atoms with van der Waals surface area (Å²) in [5, 5.41) is 11.0. The second-order valence-corrected chi connectivity index (χ2v) is 6.93. The molecule has 1 aromatic carbocycles. The van der Waals surface area contributed by atoms with Gasteiger partial charge in [0.15, 0.2) is 5.96 Å². The van der Waals surface area contributed by atoms with Gasteiger partial charge < -0.3 is 15.5 Å². The zero-order chi connectivity index (χ0) is 18.3. The summed E-state index contributed by atoms with van der Waals surface area (Å²) < 4.78 is 1.86. The van der Waals surface area contributed by atoms with Gasteiger partial charge in [0.05, 0.1) is 5.69 Å². The van der Waals surface area contributed by atoms with Gasteiger partial charge in [-0.1, -0.05) is 12.1 Å². The fraction of sp³-hybridized carbons (Fsp3) is 0.474. The Labute approximate surface area is 174 Å². The Morgan fingerprint density at radius 1 is 1.19 bits per heavy atom. The molecule has 144 valence electrons. The Kier molecular flexibility index (Phi) is 9.07. The first-order chi connectivity index (χ1) is 11.9. The van der Waals surface area contributed by atoms with Crippen molar-refractivity contribution in [1.29, 1.82) is 0 Å². The molecule has 2 aromatic rings. The van der Waals surface area contributed by atoms with Crippen LogP contribution in [-0.4, -0.2) is 60.4 Å². The minimum Gasteiger partial charge on any atom is -0.356 e. The number of likely N-dealkylation sites (N-methyl/N-ethyl adjacent to an activating group) is 1. The molecule has 1 aromatic heterocycles. The normalized spacial score (nSPS) is 12.0. The van der Waals surface area contributed by atoms with Gasteiger partial charge in [-0.25, -0.2) is 4.68 Å². The Bertz CT molecular complexity index is 662. The molecule has 0 saturated heterocycles. The summed E-state index contributed by atoms with van der Waals surface area (Å²) in [6, 6.07) is 10.4. The number of rotatable bonds is 7. The van der Waals surface area contributed by atoms with Crippen LogP contribution in [0.2, 0.25) is 0 Å². The predicted octanol–water partition coefficient (Wildman–Crippen LogP) is 2.54. The summed E-state index contributed by atoms with van der Waals surface area (Å²) in [7, 11) is 5.98. The van der Waals surface area contributed by atoms with E-state index in [0.29, 0.717) is 0 Å². The van der Waals surface area contributed by atoms with Gasteiger partial charge in [0.2, 0.25) is 0 Å². The quantitative estimate of drug-likeness (QED) is 0.371. The standard InChI is InChI=1S/C19H30N6.HI/c1-19(2,24(4)5)15-22-18(20-3)21-13-11-16-7-9-17(10-8-16)25-14-6-12-23-25;/h6-10,12,14H,11,13,15H2,1-5H3,(H2,20,21,22);1H. The summed E-state index contributed by atoms with van der Waals surface area (Å²) in [6.07, 6.45) is 4.67. The van der Waals surface area contributed by atoms with E-state index in [0.717, 1.165) is 31.2 Å². The van der Waals surface area contributed by atoms with Gasteiger partial charge in [-0.05, 0) is 58.1 Å². The van der Waals surface area contributed by atoms with E-state index in [9.17, 15) is 0 Å². The lowest BCUT2D eigenvalue weighted by Gasteiger charge is -2.33. The molecular formula is C19H31IN6. The highest BCUT2D eigenvalue weighted by Crippen LogP contribution is 2.09. The average Bonchev–Trinajstić information content (AvgIpc) is 3.13. The van der Waals surface area contributed by atoms with Crippen molar-refractivity contribution in [2.45, 2.75) is 25.8 Å². The van der Waals surface area contributed by atoms with E-state index in [1.807, 2.05) is 16.9 Å². The minimum atomic E-state index is 0. The summed E-state index contributed by atoms with van der Waals surface area (Å²) in [5.41, 5.74) is 2.43. The molecule has 0 bridgehead atoms. The SMILES string of the molecule is CN=C(NCCc1ccc(-n2cccn2)cc1)NCC(C)(C)N(C)C.I. The zero-order valence-electron chi connectivity index (χ0n) is 16.4. The van der Waals surface area contributed by atoms with Crippen molar-refractivity contribution < 1.29 is 0 Å². The number of nitrogens with zero attached hydrogens (tertiary/aromatic N) is 4. The number of guanidine groups is 1. The van der Waals surface area contributed by atoms with E-state index in [4.69, 9.17) is 0 Å². The molecular weight excluding hydrogens is 439 g/mol. The predicted molar refractivity (Wildman–Crippen MR) is 120 cm³/mol. The summed E-state index contributed by atoms with van der Waals surface area (Å²) >= 11 is 0. The van der Waals surface area contributed by atoms with E-state index < -0.39 is 0 Å². The first kappa shape index (κ1) is 22.4. The maximum atomic E-state index is 4.29. The average molecular weight is 470 g/mol. The fourth-order valence-electron chi connectivity index (χ4n) is 2.24. The maximum Gasteiger partial charge on any atom is 0.191 e. The lowest BCUT2D eigenvalue weighted by atomic mass is 10.0. The molecule has 2 rings (SSSR count). The molecule has 6 nitrogen and oxygen atoms in total. The van der Waals surface area contributed by atoms with Crippen LogP contribution in [0.1, 0.15) is 19.4 Å². The Morgan fingerprint density at radius 2 is 1.88 bits per heavy atom. The van der Waals surface area contributed by atoms with E-state index in [2.05, 4.69) is 77.8 Å². The Balaban J connectivity index is 0.00000338. The summed E-state index contributed by atoms with van der Waals surface area (Å²) in [4.78, 5) is 6.50. The second-order valence-electron chi connectivity index (χ2n) is 6.93. The third kappa shape index (κ3) is 6.60. The second kappa shape index (κ2) is 10.5. The summed E-state index contributed by atoms with van der Waals surface area (Å²) in [5.74, 6) is 0.836. The number of nitrogens with one attached hydrogen (secondary N) is 2. The highest BCUT2D eigenvalue weighted by atomic mass is 127. The van der Waals surface area contributed by atoms with Gasteiger partial charge in [0.25, 0.3) is 0 Å². The molecule has 0 aliphatic rings. The highest BCUT2D eigenvalue weighted by molar-refractivity contribution is 14.0. The van der Waals surface area contributed by atoms with Gasteiger partial charge in [-0.15, -0.1) is 24.0 Å². The van der Waals surface area contributed by atoms with Gasteiger partial charge in [0.1, 0.15) is 0 Å². The minimum absolute atomic E-state index is 0. The van der Waals surface area contributed by atoms with Crippen LogP contribution in [0, 0.1) is 0 Å². The Hall–Kier alpha value is -1.61. The highest BCUT2D eigenvalue weighted by Gasteiger charge is 2.20. The lowest BCUT2D eigenvalue weighted by Crippen LogP contribution is -2.51. The van der Waals surface area contributed by atoms with Crippen molar-refractivity contribution in [3.63, 3.8) is 0 Å². The maximum absolute atomic E-state index is 4.29. The van der Waals surface area contributed by atoms with Crippen molar-refractivity contribution in [2.75, 3.05) is 34.2 Å². The lowest BCUT2D eigenvalue weighted by molar-refractivity contribution is 0.197. The number of hydrogen-bond acceptors (Lipinski definition) is 3. The first-order valence-corrected chi connectivity index (χ1v) is 8.63. The molecule has 0 atom stereocenters. The van der Waals surface area contributed by atoms with Crippen LogP contribution < -0.4 is 10.6 Å². The van der Waals surface area contributed by atoms with Crippen LogP contribution in [0.3, 0.4) is 0 Å². The zero-order valence-corrected chi connectivity index (χ0v) is 18.7. The summed E-state index contributed by atoms with van der Waals surface area (Å²) in [6.45, 7) is 6.07. The van der Waals surface area contributed by atoms with E-state index in [1.54, 1.807) is 13.2 Å². The molecule has 0 radical (unpaired) electrons. The number of aromatic nitrogens is 2. The van der Waals surface area contributed by atoms with Crippen molar-refractivity contribution in [3.8, 4) is 5.69 Å². The molecule has 0 saturated carbocycles. The van der Waals surface area contributed by atoms with Crippen LogP contribution in [0.15, 0.2) is 47.7 Å². The number of aliphatic imine (C=N–C) groups is 1. The third-order valence-corrected chi connectivity index (χ3v) is 4.53.